The Morgan fingerprint density at radius 3 is 2.45 bits per heavy atom. The highest BCUT2D eigenvalue weighted by Gasteiger charge is 2.32. The van der Waals surface area contributed by atoms with Crippen LogP contribution in [0.15, 0.2) is 48.5 Å². The van der Waals surface area contributed by atoms with Gasteiger partial charge in [-0.1, -0.05) is 41.9 Å². The Kier molecular flexibility index (Phi) is 7.43. The number of halogens is 1. The maximum atomic E-state index is 13.2. The third-order valence-corrected chi connectivity index (χ3v) is 5.30. The number of rotatable bonds is 6. The number of carbonyl (C=O) groups excluding carboxylic acids is 2. The summed E-state index contributed by atoms with van der Waals surface area (Å²) >= 11 is 5.86. The Morgan fingerprint density at radius 1 is 1.16 bits per heavy atom. The predicted molar refractivity (Wildman–Crippen MR) is 116 cm³/mol. The molecule has 1 N–H and O–H groups in total. The fourth-order valence-corrected chi connectivity index (χ4v) is 3.67. The van der Waals surface area contributed by atoms with Crippen LogP contribution in [0.3, 0.4) is 0 Å². The van der Waals surface area contributed by atoms with Crippen LogP contribution in [0.25, 0.3) is 0 Å². The van der Waals surface area contributed by atoms with Gasteiger partial charge >= 0.3 is 6.09 Å². The van der Waals surface area contributed by atoms with Gasteiger partial charge in [0.05, 0.1) is 11.5 Å². The molecule has 9 nitrogen and oxygen atoms in total. The summed E-state index contributed by atoms with van der Waals surface area (Å²) in [7, 11) is 0. The number of hydrogen-bond acceptors (Lipinski definition) is 6. The zero-order chi connectivity index (χ0) is 22.4. The van der Waals surface area contributed by atoms with Crippen LogP contribution in [-0.4, -0.2) is 59.5 Å². The summed E-state index contributed by atoms with van der Waals surface area (Å²) in [6.45, 7) is 3.88. The van der Waals surface area contributed by atoms with E-state index in [1.807, 2.05) is 35.2 Å². The topological polar surface area (TPSA) is 105 Å². The zero-order valence-corrected chi connectivity index (χ0v) is 17.7. The molecule has 0 aliphatic carbocycles. The summed E-state index contributed by atoms with van der Waals surface area (Å²) in [5, 5.41) is 13.9. The van der Waals surface area contributed by atoms with E-state index < -0.39 is 11.0 Å². The SMILES string of the molecule is CCOC(=O)N1CCN(C(C(=O)Nc2ccc(Cl)c([N+](=O)[O-])c2)c2ccccc2)CC1. The maximum Gasteiger partial charge on any atom is 0.409 e. The second-order valence-corrected chi connectivity index (χ2v) is 7.35. The molecular weight excluding hydrogens is 424 g/mol. The quantitative estimate of drug-likeness (QED) is 0.535. The monoisotopic (exact) mass is 446 g/mol. The van der Waals surface area contributed by atoms with E-state index in [2.05, 4.69) is 5.32 Å². The molecule has 0 aromatic heterocycles. The number of benzene rings is 2. The number of nitrogens with zero attached hydrogens (tertiary/aromatic N) is 3. The minimum Gasteiger partial charge on any atom is -0.450 e. The molecule has 31 heavy (non-hydrogen) atoms. The van der Waals surface area contributed by atoms with E-state index in [-0.39, 0.29) is 28.4 Å². The van der Waals surface area contributed by atoms with Crippen LogP contribution >= 0.6 is 11.6 Å². The van der Waals surface area contributed by atoms with Crippen LogP contribution in [0.5, 0.6) is 0 Å². The van der Waals surface area contributed by atoms with Crippen LogP contribution in [0.1, 0.15) is 18.5 Å². The van der Waals surface area contributed by atoms with Crippen molar-refractivity contribution in [2.75, 3.05) is 38.1 Å². The third kappa shape index (κ3) is 5.50. The molecule has 0 saturated carbocycles. The van der Waals surface area contributed by atoms with Crippen molar-refractivity contribution in [1.82, 2.24) is 9.80 Å². The van der Waals surface area contributed by atoms with Crippen molar-refractivity contribution in [2.45, 2.75) is 13.0 Å². The number of carbonyl (C=O) groups is 2. The molecule has 10 heteroatoms. The molecule has 1 aliphatic heterocycles. The number of nitrogens with one attached hydrogen (secondary N) is 1. The number of ether oxygens (including phenoxy) is 1. The van der Waals surface area contributed by atoms with Crippen molar-refractivity contribution in [2.24, 2.45) is 0 Å². The Bertz CT molecular complexity index is 948. The number of nitro groups is 1. The standard InChI is InChI=1S/C21H23ClN4O5/c1-2-31-21(28)25-12-10-24(11-13-25)19(15-6-4-3-5-7-15)20(27)23-16-8-9-17(22)18(14-16)26(29)30/h3-9,14,19H,2,10-13H2,1H3,(H,23,27). The molecule has 1 atom stereocenters. The molecule has 1 saturated heterocycles. The number of hydrogen-bond donors (Lipinski definition) is 1. The lowest BCUT2D eigenvalue weighted by molar-refractivity contribution is -0.384. The van der Waals surface area contributed by atoms with Crippen molar-refractivity contribution in [3.8, 4) is 0 Å². The lowest BCUT2D eigenvalue weighted by Gasteiger charge is -2.38. The van der Waals surface area contributed by atoms with Gasteiger partial charge in [0.25, 0.3) is 5.69 Å². The zero-order valence-electron chi connectivity index (χ0n) is 17.0. The Hall–Kier alpha value is -3.17. The second-order valence-electron chi connectivity index (χ2n) is 6.95. The number of anilines is 1. The largest absolute Gasteiger partial charge is 0.450 e. The van der Waals surface area contributed by atoms with Crippen molar-refractivity contribution in [1.29, 1.82) is 0 Å². The molecule has 0 radical (unpaired) electrons. The van der Waals surface area contributed by atoms with Gasteiger partial charge in [0.15, 0.2) is 0 Å². The van der Waals surface area contributed by atoms with Crippen molar-refractivity contribution in [3.05, 3.63) is 69.2 Å². The molecule has 0 spiro atoms. The number of amides is 2. The van der Waals surface area contributed by atoms with Crippen molar-refractivity contribution >= 4 is 35.0 Å². The molecule has 3 rings (SSSR count). The average Bonchev–Trinajstić information content (AvgIpc) is 2.76. The van der Waals surface area contributed by atoms with E-state index in [1.54, 1.807) is 11.8 Å². The first-order valence-corrected chi connectivity index (χ1v) is 10.2. The Labute approximate surface area is 184 Å². The molecule has 1 heterocycles. The molecule has 1 fully saturated rings. The highest BCUT2D eigenvalue weighted by molar-refractivity contribution is 6.32. The lowest BCUT2D eigenvalue weighted by atomic mass is 10.0. The van der Waals surface area contributed by atoms with Crippen molar-refractivity contribution in [3.63, 3.8) is 0 Å². The van der Waals surface area contributed by atoms with Crippen LogP contribution in [0, 0.1) is 10.1 Å². The van der Waals surface area contributed by atoms with Gasteiger partial charge in [0, 0.05) is 37.9 Å². The van der Waals surface area contributed by atoms with Gasteiger partial charge in [0.1, 0.15) is 11.1 Å². The average molecular weight is 447 g/mol. The van der Waals surface area contributed by atoms with Crippen LogP contribution < -0.4 is 5.32 Å². The van der Waals surface area contributed by atoms with Gasteiger partial charge in [-0.05, 0) is 24.6 Å². The molecule has 2 aromatic rings. The van der Waals surface area contributed by atoms with Gasteiger partial charge in [-0.15, -0.1) is 0 Å². The fourth-order valence-electron chi connectivity index (χ4n) is 3.48. The predicted octanol–water partition coefficient (Wildman–Crippen LogP) is 3.70. The normalized spacial score (nSPS) is 15.2. The minimum atomic E-state index is -0.625. The first-order chi connectivity index (χ1) is 14.9. The first-order valence-electron chi connectivity index (χ1n) is 9.86. The Balaban J connectivity index is 1.79. The fraction of sp³-hybridized carbons (Fsp3) is 0.333. The molecule has 164 valence electrons. The third-order valence-electron chi connectivity index (χ3n) is 4.98. The highest BCUT2D eigenvalue weighted by atomic mass is 35.5. The van der Waals surface area contributed by atoms with E-state index in [1.165, 1.54) is 18.2 Å². The summed E-state index contributed by atoms with van der Waals surface area (Å²) in [6, 6.07) is 12.8. The van der Waals surface area contributed by atoms with E-state index >= 15 is 0 Å². The second kappa shape index (κ2) is 10.2. The van der Waals surface area contributed by atoms with E-state index in [4.69, 9.17) is 16.3 Å². The molecule has 1 unspecified atom stereocenters. The first kappa shape index (κ1) is 22.5. The van der Waals surface area contributed by atoms with Gasteiger partial charge < -0.3 is 15.0 Å². The van der Waals surface area contributed by atoms with E-state index in [0.29, 0.717) is 32.8 Å². The summed E-state index contributed by atoms with van der Waals surface area (Å²) in [5.74, 6) is -0.326. The summed E-state index contributed by atoms with van der Waals surface area (Å²) in [5.41, 5.74) is 0.791. The van der Waals surface area contributed by atoms with E-state index in [0.717, 1.165) is 5.56 Å². The van der Waals surface area contributed by atoms with E-state index in [9.17, 15) is 19.7 Å². The summed E-state index contributed by atoms with van der Waals surface area (Å²) in [4.78, 5) is 39.4. The number of piperazine rings is 1. The van der Waals surface area contributed by atoms with Gasteiger partial charge in [-0.25, -0.2) is 4.79 Å². The molecule has 1 aliphatic rings. The molecule has 0 bridgehead atoms. The maximum absolute atomic E-state index is 13.2. The van der Waals surface area contributed by atoms with Gasteiger partial charge in [0.2, 0.25) is 5.91 Å². The van der Waals surface area contributed by atoms with Gasteiger partial charge in [-0.3, -0.25) is 19.8 Å². The lowest BCUT2D eigenvalue weighted by Crippen LogP contribution is -2.51. The number of nitro benzene ring substituents is 1. The Morgan fingerprint density at radius 2 is 1.84 bits per heavy atom. The smallest absolute Gasteiger partial charge is 0.409 e. The van der Waals surface area contributed by atoms with Gasteiger partial charge in [-0.2, -0.15) is 0 Å². The minimum absolute atomic E-state index is 0.00213. The highest BCUT2D eigenvalue weighted by Crippen LogP contribution is 2.29. The summed E-state index contributed by atoms with van der Waals surface area (Å²) < 4.78 is 5.05. The molecular formula is C21H23ClN4O5. The van der Waals surface area contributed by atoms with Crippen molar-refractivity contribution < 1.29 is 19.2 Å². The summed E-state index contributed by atoms with van der Waals surface area (Å²) in [6.07, 6.45) is -0.365. The van der Waals surface area contributed by atoms with Crippen LogP contribution in [-0.2, 0) is 9.53 Å². The molecule has 2 aromatic carbocycles. The molecule has 2 amide bonds. The van der Waals surface area contributed by atoms with Crippen LogP contribution in [0.2, 0.25) is 5.02 Å². The van der Waals surface area contributed by atoms with Crippen LogP contribution in [0.4, 0.5) is 16.2 Å².